The van der Waals surface area contributed by atoms with E-state index >= 15 is 0 Å². The van der Waals surface area contributed by atoms with Crippen molar-refractivity contribution in [3.63, 3.8) is 0 Å². The Morgan fingerprint density at radius 3 is 1.62 bits per heavy atom. The molecule has 0 N–H and O–H groups in total. The van der Waals surface area contributed by atoms with Crippen LogP contribution in [0.3, 0.4) is 0 Å². The molecule has 0 saturated carbocycles. The topological polar surface area (TPSA) is 48.0 Å². The van der Waals surface area contributed by atoms with Crippen LogP contribution in [0.4, 0.5) is 0 Å². The zero-order valence-electron chi connectivity index (χ0n) is 21.4. The van der Waals surface area contributed by atoms with Crippen LogP contribution < -0.4 is 0 Å². The average Bonchev–Trinajstić information content (AvgIpc) is 3.66. The molecular weight excluding hydrogens is 490 g/mol. The van der Waals surface area contributed by atoms with E-state index in [1.165, 1.54) is 38.1 Å². The molecule has 0 unspecified atom stereocenters. The summed E-state index contributed by atoms with van der Waals surface area (Å²) in [5.74, 6) is 1.91. The summed E-state index contributed by atoms with van der Waals surface area (Å²) in [6.07, 6.45) is 0. The van der Waals surface area contributed by atoms with E-state index in [1.807, 2.05) is 60.7 Å². The Bertz CT molecular complexity index is 2310. The standard InChI is InChI=1S/C35H21N5/c1-3-12-22(13-4-1)33-36-34(23-14-5-2-6-15-23)38-35(37-33)40-29-21-10-8-17-26(29)31-32(40)27-19-11-18-25-24-16-7-9-20-28(24)39(31)30(25)27/h1-21H. The highest BCUT2D eigenvalue weighted by atomic mass is 15.2. The Balaban J connectivity index is 1.47. The normalized spacial score (nSPS) is 12.0. The molecule has 0 aliphatic carbocycles. The molecule has 9 aromatic rings. The summed E-state index contributed by atoms with van der Waals surface area (Å²) < 4.78 is 4.65. The zero-order valence-corrected chi connectivity index (χ0v) is 21.4. The number of hydrogen-bond donors (Lipinski definition) is 0. The van der Waals surface area contributed by atoms with E-state index in [0.717, 1.165) is 22.2 Å². The van der Waals surface area contributed by atoms with Gasteiger partial charge in [-0.2, -0.15) is 9.97 Å². The van der Waals surface area contributed by atoms with Gasteiger partial charge >= 0.3 is 0 Å². The Hall–Kier alpha value is -5.55. The summed E-state index contributed by atoms with van der Waals surface area (Å²) >= 11 is 0. The van der Waals surface area contributed by atoms with Gasteiger partial charge in [0.15, 0.2) is 11.6 Å². The molecule has 0 aliphatic rings. The molecule has 0 fully saturated rings. The summed E-state index contributed by atoms with van der Waals surface area (Å²) in [6.45, 7) is 0. The number of hydrogen-bond acceptors (Lipinski definition) is 3. The van der Waals surface area contributed by atoms with Crippen molar-refractivity contribution >= 4 is 49.1 Å². The molecule has 4 heterocycles. The van der Waals surface area contributed by atoms with Crippen LogP contribution in [-0.4, -0.2) is 23.9 Å². The molecule has 0 bridgehead atoms. The third kappa shape index (κ3) is 2.83. The van der Waals surface area contributed by atoms with Gasteiger partial charge in [0.05, 0.1) is 27.6 Å². The van der Waals surface area contributed by atoms with Gasteiger partial charge in [-0.15, -0.1) is 0 Å². The number of fused-ring (bicyclic) bond motifs is 8. The predicted molar refractivity (Wildman–Crippen MR) is 162 cm³/mol. The van der Waals surface area contributed by atoms with Gasteiger partial charge in [-0.3, -0.25) is 4.57 Å². The lowest BCUT2D eigenvalue weighted by atomic mass is 10.1. The van der Waals surface area contributed by atoms with Gasteiger partial charge in [-0.1, -0.05) is 115 Å². The maximum absolute atomic E-state index is 5.10. The highest BCUT2D eigenvalue weighted by molar-refractivity contribution is 6.27. The molecule has 0 saturated heterocycles. The SMILES string of the molecule is c1ccc(-c2nc(-c3ccccc3)nc(-n3c4ccccc4c4c3c3cccc5c6ccccc6n4c53)n2)cc1. The molecule has 5 nitrogen and oxygen atoms in total. The van der Waals surface area contributed by atoms with Crippen LogP contribution in [0.1, 0.15) is 0 Å². The minimum absolute atomic E-state index is 0.609. The molecule has 5 aromatic carbocycles. The van der Waals surface area contributed by atoms with Crippen molar-refractivity contribution in [3.8, 4) is 28.7 Å². The third-order valence-corrected chi connectivity index (χ3v) is 7.91. The fourth-order valence-corrected chi connectivity index (χ4v) is 6.24. The minimum Gasteiger partial charge on any atom is -0.306 e. The Morgan fingerprint density at radius 1 is 0.375 bits per heavy atom. The largest absolute Gasteiger partial charge is 0.306 e. The first-order valence-corrected chi connectivity index (χ1v) is 13.4. The Morgan fingerprint density at radius 2 is 0.925 bits per heavy atom. The lowest BCUT2D eigenvalue weighted by Gasteiger charge is -2.10. The van der Waals surface area contributed by atoms with Crippen molar-refractivity contribution in [2.75, 3.05) is 0 Å². The molecule has 4 aromatic heterocycles. The monoisotopic (exact) mass is 511 g/mol. The maximum atomic E-state index is 5.10. The second-order valence-corrected chi connectivity index (χ2v) is 10.1. The fourth-order valence-electron chi connectivity index (χ4n) is 6.24. The summed E-state index contributed by atoms with van der Waals surface area (Å²) in [4.78, 5) is 15.1. The van der Waals surface area contributed by atoms with Crippen LogP contribution in [-0.2, 0) is 0 Å². The number of benzene rings is 5. The van der Waals surface area contributed by atoms with E-state index < -0.39 is 0 Å². The molecule has 40 heavy (non-hydrogen) atoms. The van der Waals surface area contributed by atoms with Gasteiger partial charge in [-0.05, 0) is 12.1 Å². The van der Waals surface area contributed by atoms with E-state index in [2.05, 4.69) is 75.7 Å². The number of para-hydroxylation sites is 3. The van der Waals surface area contributed by atoms with E-state index in [-0.39, 0.29) is 0 Å². The van der Waals surface area contributed by atoms with Crippen LogP contribution in [0.2, 0.25) is 0 Å². The lowest BCUT2D eigenvalue weighted by Crippen LogP contribution is -2.06. The first-order chi connectivity index (χ1) is 19.9. The molecule has 0 atom stereocenters. The van der Waals surface area contributed by atoms with Crippen molar-refractivity contribution in [2.45, 2.75) is 0 Å². The van der Waals surface area contributed by atoms with Gasteiger partial charge in [-0.25, -0.2) is 4.98 Å². The smallest absolute Gasteiger partial charge is 0.238 e. The second kappa shape index (κ2) is 7.98. The molecule has 0 amide bonds. The zero-order chi connectivity index (χ0) is 26.2. The Labute approximate surface area is 229 Å². The number of nitrogens with zero attached hydrogens (tertiary/aromatic N) is 5. The second-order valence-electron chi connectivity index (χ2n) is 10.1. The van der Waals surface area contributed by atoms with Gasteiger partial charge in [0.2, 0.25) is 5.95 Å². The summed E-state index contributed by atoms with van der Waals surface area (Å²) in [5, 5.41) is 4.87. The van der Waals surface area contributed by atoms with E-state index in [1.54, 1.807) is 0 Å². The predicted octanol–water partition coefficient (Wildman–Crippen LogP) is 8.30. The van der Waals surface area contributed by atoms with Crippen LogP contribution >= 0.6 is 0 Å². The van der Waals surface area contributed by atoms with Crippen molar-refractivity contribution in [1.82, 2.24) is 23.9 Å². The van der Waals surface area contributed by atoms with Gasteiger partial charge in [0.25, 0.3) is 0 Å². The average molecular weight is 512 g/mol. The molecule has 0 aliphatic heterocycles. The van der Waals surface area contributed by atoms with Crippen LogP contribution in [0.15, 0.2) is 127 Å². The van der Waals surface area contributed by atoms with E-state index in [9.17, 15) is 0 Å². The van der Waals surface area contributed by atoms with Crippen molar-refractivity contribution in [3.05, 3.63) is 127 Å². The molecule has 186 valence electrons. The first kappa shape index (κ1) is 21.4. The maximum Gasteiger partial charge on any atom is 0.238 e. The third-order valence-electron chi connectivity index (χ3n) is 7.91. The van der Waals surface area contributed by atoms with Crippen LogP contribution in [0.5, 0.6) is 0 Å². The fraction of sp³-hybridized carbons (Fsp3) is 0. The van der Waals surface area contributed by atoms with Crippen molar-refractivity contribution < 1.29 is 0 Å². The van der Waals surface area contributed by atoms with Gasteiger partial charge in [0.1, 0.15) is 0 Å². The minimum atomic E-state index is 0.609. The van der Waals surface area contributed by atoms with E-state index in [0.29, 0.717) is 17.6 Å². The van der Waals surface area contributed by atoms with Gasteiger partial charge < -0.3 is 4.40 Å². The number of rotatable bonds is 3. The first-order valence-electron chi connectivity index (χ1n) is 13.4. The molecular formula is C35H21N5. The van der Waals surface area contributed by atoms with Crippen LogP contribution in [0, 0.1) is 0 Å². The summed E-state index contributed by atoms with van der Waals surface area (Å²) in [6, 6.07) is 44.1. The summed E-state index contributed by atoms with van der Waals surface area (Å²) in [7, 11) is 0. The quantitative estimate of drug-likeness (QED) is 0.240. The number of aromatic nitrogens is 5. The van der Waals surface area contributed by atoms with E-state index in [4.69, 9.17) is 15.0 Å². The van der Waals surface area contributed by atoms with Crippen molar-refractivity contribution in [2.24, 2.45) is 0 Å². The Kier molecular flexibility index (Phi) is 4.27. The lowest BCUT2D eigenvalue weighted by molar-refractivity contribution is 0.955. The molecule has 0 radical (unpaired) electrons. The highest BCUT2D eigenvalue weighted by Crippen LogP contribution is 2.43. The highest BCUT2D eigenvalue weighted by Gasteiger charge is 2.25. The van der Waals surface area contributed by atoms with Crippen LogP contribution in [0.25, 0.3) is 77.9 Å². The summed E-state index contributed by atoms with van der Waals surface area (Å²) in [5.41, 5.74) is 7.69. The molecule has 0 spiro atoms. The molecule has 9 rings (SSSR count). The van der Waals surface area contributed by atoms with Crippen molar-refractivity contribution in [1.29, 1.82) is 0 Å². The van der Waals surface area contributed by atoms with Gasteiger partial charge in [0, 0.05) is 32.7 Å². The molecule has 5 heteroatoms.